The summed E-state index contributed by atoms with van der Waals surface area (Å²) in [4.78, 5) is 20.4. The second kappa shape index (κ2) is 7.65. The zero-order valence-corrected chi connectivity index (χ0v) is 18.0. The molecule has 0 radical (unpaired) electrons. The summed E-state index contributed by atoms with van der Waals surface area (Å²) >= 11 is 0. The Balaban J connectivity index is 1.71. The fourth-order valence-corrected chi connectivity index (χ4v) is 4.45. The van der Waals surface area contributed by atoms with Gasteiger partial charge in [0.1, 0.15) is 5.69 Å². The summed E-state index contributed by atoms with van der Waals surface area (Å²) in [5.74, 6) is 0.494. The number of aromatic nitrogens is 4. The van der Waals surface area contributed by atoms with Crippen LogP contribution in [0.3, 0.4) is 0 Å². The molecular formula is C24H25N5O2. The van der Waals surface area contributed by atoms with Crippen LogP contribution in [0, 0.1) is 12.8 Å². The predicted molar refractivity (Wildman–Crippen MR) is 118 cm³/mol. The van der Waals surface area contributed by atoms with Gasteiger partial charge in [-0.2, -0.15) is 5.10 Å². The number of hydrogen-bond acceptors (Lipinski definition) is 5. The van der Waals surface area contributed by atoms with E-state index in [1.54, 1.807) is 4.68 Å². The maximum atomic E-state index is 13.7. The van der Waals surface area contributed by atoms with Gasteiger partial charge in [-0.15, -0.1) is 0 Å². The van der Waals surface area contributed by atoms with Crippen molar-refractivity contribution >= 4 is 17.0 Å². The number of fused-ring (bicyclic) bond motifs is 1. The van der Waals surface area contributed by atoms with Crippen molar-refractivity contribution in [2.75, 3.05) is 13.1 Å². The highest BCUT2D eigenvalue weighted by Gasteiger charge is 2.28. The monoisotopic (exact) mass is 415 g/mol. The van der Waals surface area contributed by atoms with Gasteiger partial charge < -0.3 is 9.42 Å². The fraction of sp³-hybridized carbons (Fsp3) is 0.333. The normalized spacial score (nSPS) is 16.7. The third-order valence-electron chi connectivity index (χ3n) is 5.96. The molecule has 158 valence electrons. The van der Waals surface area contributed by atoms with Crippen molar-refractivity contribution in [3.63, 3.8) is 0 Å². The SMILES string of the molecule is Cc1nn(C)cc1-c1cc(C(=O)N2CCCC(C)C2)c2c(-c3ccccc3)noc2n1. The minimum absolute atomic E-state index is 0.00197. The highest BCUT2D eigenvalue weighted by Crippen LogP contribution is 2.34. The van der Waals surface area contributed by atoms with Gasteiger partial charge in [-0.05, 0) is 31.7 Å². The third kappa shape index (κ3) is 3.50. The molecule has 7 nitrogen and oxygen atoms in total. The number of rotatable bonds is 3. The number of nitrogens with zero attached hydrogens (tertiary/aromatic N) is 5. The molecule has 0 N–H and O–H groups in total. The maximum Gasteiger partial charge on any atom is 0.259 e. The topological polar surface area (TPSA) is 77.0 Å². The predicted octanol–water partition coefficient (Wildman–Crippen LogP) is 4.47. The molecule has 1 saturated heterocycles. The summed E-state index contributed by atoms with van der Waals surface area (Å²) in [6.45, 7) is 5.65. The summed E-state index contributed by atoms with van der Waals surface area (Å²) in [6, 6.07) is 11.7. The van der Waals surface area contributed by atoms with Crippen molar-refractivity contribution in [1.29, 1.82) is 0 Å². The maximum absolute atomic E-state index is 13.7. The first-order chi connectivity index (χ1) is 15.0. The summed E-state index contributed by atoms with van der Waals surface area (Å²) in [7, 11) is 1.87. The largest absolute Gasteiger partial charge is 0.338 e. The molecule has 1 amide bonds. The first-order valence-corrected chi connectivity index (χ1v) is 10.7. The van der Waals surface area contributed by atoms with E-state index in [1.807, 2.05) is 61.5 Å². The molecule has 1 aliphatic heterocycles. The lowest BCUT2D eigenvalue weighted by molar-refractivity contribution is 0.0685. The van der Waals surface area contributed by atoms with Crippen molar-refractivity contribution in [2.45, 2.75) is 26.7 Å². The van der Waals surface area contributed by atoms with Crippen molar-refractivity contribution in [1.82, 2.24) is 24.8 Å². The van der Waals surface area contributed by atoms with E-state index in [9.17, 15) is 4.79 Å². The van der Waals surface area contributed by atoms with Crippen LogP contribution in [-0.4, -0.2) is 43.8 Å². The van der Waals surface area contributed by atoms with Crippen LogP contribution in [0.25, 0.3) is 33.6 Å². The van der Waals surface area contributed by atoms with Gasteiger partial charge in [0.2, 0.25) is 0 Å². The van der Waals surface area contributed by atoms with Gasteiger partial charge in [-0.3, -0.25) is 9.48 Å². The number of hydrogen-bond donors (Lipinski definition) is 0. The average Bonchev–Trinajstić information content (AvgIpc) is 3.35. The number of pyridine rings is 1. The minimum atomic E-state index is 0.00197. The molecule has 31 heavy (non-hydrogen) atoms. The van der Waals surface area contributed by atoms with Gasteiger partial charge >= 0.3 is 0 Å². The Hall–Kier alpha value is -3.48. The average molecular weight is 415 g/mol. The second-order valence-corrected chi connectivity index (χ2v) is 8.43. The van der Waals surface area contributed by atoms with Crippen LogP contribution in [0.4, 0.5) is 0 Å². The van der Waals surface area contributed by atoms with Gasteiger partial charge in [0.25, 0.3) is 11.6 Å². The molecule has 1 aliphatic rings. The first-order valence-electron chi connectivity index (χ1n) is 10.7. The van der Waals surface area contributed by atoms with Crippen molar-refractivity contribution in [3.05, 3.63) is 53.9 Å². The number of benzene rings is 1. The van der Waals surface area contributed by atoms with E-state index in [2.05, 4.69) is 17.2 Å². The van der Waals surface area contributed by atoms with Gasteiger partial charge in [0, 0.05) is 37.5 Å². The molecule has 0 bridgehead atoms. The molecular weight excluding hydrogens is 390 g/mol. The standard InChI is InChI=1S/C24H25N5O2/c1-15-8-7-11-29(13-15)24(30)18-12-20(19-14-28(3)26-16(19)2)25-23-21(18)22(27-31-23)17-9-5-4-6-10-17/h4-6,9-10,12,14-15H,7-8,11,13H2,1-3H3. The van der Waals surface area contributed by atoms with Crippen molar-refractivity contribution in [2.24, 2.45) is 13.0 Å². The summed E-state index contributed by atoms with van der Waals surface area (Å²) in [5.41, 5.74) is 4.89. The smallest absolute Gasteiger partial charge is 0.259 e. The molecule has 1 fully saturated rings. The molecule has 1 unspecified atom stereocenters. The lowest BCUT2D eigenvalue weighted by Crippen LogP contribution is -2.39. The Morgan fingerprint density at radius 3 is 2.74 bits per heavy atom. The number of carbonyl (C=O) groups excluding carboxylic acids is 1. The van der Waals surface area contributed by atoms with Crippen molar-refractivity contribution < 1.29 is 9.32 Å². The van der Waals surface area contributed by atoms with E-state index < -0.39 is 0 Å². The second-order valence-electron chi connectivity index (χ2n) is 8.43. The van der Waals surface area contributed by atoms with E-state index in [1.165, 1.54) is 0 Å². The van der Waals surface area contributed by atoms with Crippen LogP contribution < -0.4 is 0 Å². The quantitative estimate of drug-likeness (QED) is 0.493. The molecule has 1 atom stereocenters. The molecule has 0 spiro atoms. The minimum Gasteiger partial charge on any atom is -0.338 e. The third-order valence-corrected chi connectivity index (χ3v) is 5.96. The zero-order valence-electron chi connectivity index (χ0n) is 18.0. The number of aryl methyl sites for hydroxylation is 2. The van der Waals surface area contributed by atoms with E-state index in [0.29, 0.717) is 34.0 Å². The van der Waals surface area contributed by atoms with E-state index in [-0.39, 0.29) is 5.91 Å². The molecule has 4 heterocycles. The Morgan fingerprint density at radius 2 is 2.03 bits per heavy atom. The Labute approximate surface area is 180 Å². The Morgan fingerprint density at radius 1 is 1.23 bits per heavy atom. The van der Waals surface area contributed by atoms with Crippen LogP contribution in [0.15, 0.2) is 47.1 Å². The number of carbonyl (C=O) groups is 1. The Bertz CT molecular complexity index is 1260. The van der Waals surface area contributed by atoms with Crippen LogP contribution in [-0.2, 0) is 7.05 Å². The number of likely N-dealkylation sites (tertiary alicyclic amines) is 1. The zero-order chi connectivity index (χ0) is 21.5. The first kappa shape index (κ1) is 19.5. The molecule has 4 aromatic rings. The highest BCUT2D eigenvalue weighted by atomic mass is 16.5. The van der Waals surface area contributed by atoms with Crippen LogP contribution >= 0.6 is 0 Å². The number of piperidine rings is 1. The molecule has 1 aromatic carbocycles. The van der Waals surface area contributed by atoms with Gasteiger partial charge in [0.05, 0.1) is 22.3 Å². The van der Waals surface area contributed by atoms with Crippen LogP contribution in [0.5, 0.6) is 0 Å². The van der Waals surface area contributed by atoms with Crippen LogP contribution in [0.1, 0.15) is 35.8 Å². The lowest BCUT2D eigenvalue weighted by atomic mass is 9.97. The molecule has 5 rings (SSSR count). The van der Waals surface area contributed by atoms with E-state index >= 15 is 0 Å². The summed E-state index contributed by atoms with van der Waals surface area (Å²) < 4.78 is 7.40. The molecule has 0 aliphatic carbocycles. The van der Waals surface area contributed by atoms with E-state index in [4.69, 9.17) is 9.51 Å². The summed E-state index contributed by atoms with van der Waals surface area (Å²) in [6.07, 6.45) is 4.08. The van der Waals surface area contributed by atoms with Gasteiger partial charge in [0.15, 0.2) is 0 Å². The molecule has 0 saturated carbocycles. The van der Waals surface area contributed by atoms with E-state index in [0.717, 1.165) is 42.8 Å². The summed E-state index contributed by atoms with van der Waals surface area (Å²) in [5, 5.41) is 9.40. The highest BCUT2D eigenvalue weighted by molar-refractivity contribution is 6.10. The lowest BCUT2D eigenvalue weighted by Gasteiger charge is -2.31. The van der Waals surface area contributed by atoms with Crippen LogP contribution in [0.2, 0.25) is 0 Å². The van der Waals surface area contributed by atoms with Gasteiger partial charge in [-0.1, -0.05) is 42.4 Å². The Kier molecular flexibility index (Phi) is 4.81. The fourth-order valence-electron chi connectivity index (χ4n) is 4.45. The van der Waals surface area contributed by atoms with Gasteiger partial charge in [-0.25, -0.2) is 4.98 Å². The number of amides is 1. The molecule has 7 heteroatoms. The molecule has 3 aromatic heterocycles. The van der Waals surface area contributed by atoms with Crippen molar-refractivity contribution in [3.8, 4) is 22.5 Å².